The molecule has 0 fully saturated rings. The van der Waals surface area contributed by atoms with Gasteiger partial charge in [0.25, 0.3) is 0 Å². The molecule has 3 heterocycles. The zero-order valence-electron chi connectivity index (χ0n) is 28.4. The average molecular weight is 687 g/mol. The molecule has 0 saturated heterocycles. The molecule has 0 radical (unpaired) electrons. The first-order valence-corrected chi connectivity index (χ1v) is 18.3. The lowest BCUT2D eigenvalue weighted by Gasteiger charge is -2.36. The highest BCUT2D eigenvalue weighted by Gasteiger charge is 2.42. The Hall–Kier alpha value is -5.70. The second kappa shape index (κ2) is 14.3. The lowest BCUT2D eigenvalue weighted by Crippen LogP contribution is -2.39. The van der Waals surface area contributed by atoms with E-state index in [1.165, 1.54) is 5.56 Å². The largest absolute Gasteiger partial charge is 0.391 e. The number of aliphatic hydroxyl groups is 1. The van der Waals surface area contributed by atoms with Crippen LogP contribution in [0.15, 0.2) is 145 Å². The summed E-state index contributed by atoms with van der Waals surface area (Å²) in [6, 6.07) is 48.6. The van der Waals surface area contributed by atoms with Crippen LogP contribution in [0.5, 0.6) is 0 Å². The molecule has 0 aliphatic carbocycles. The molecule has 8 heteroatoms. The van der Waals surface area contributed by atoms with E-state index in [0.29, 0.717) is 12.4 Å². The summed E-state index contributed by atoms with van der Waals surface area (Å²) in [6.07, 6.45) is 3.09. The molecule has 8 aromatic rings. The fraction of sp³-hybridized carbons (Fsp3) is 0.163. The molecule has 0 spiro atoms. The molecule has 0 atom stereocenters. The number of rotatable bonds is 12. The van der Waals surface area contributed by atoms with Crippen LogP contribution in [0.4, 0.5) is 0 Å². The van der Waals surface area contributed by atoms with E-state index in [1.54, 1.807) is 11.3 Å². The van der Waals surface area contributed by atoms with Crippen molar-refractivity contribution in [2.24, 2.45) is 0 Å². The number of thiophene rings is 1. The van der Waals surface area contributed by atoms with Gasteiger partial charge >= 0.3 is 0 Å². The first-order valence-electron chi connectivity index (χ1n) is 17.4. The van der Waals surface area contributed by atoms with E-state index in [-0.39, 0.29) is 6.61 Å². The number of imidazole rings is 1. The van der Waals surface area contributed by atoms with Crippen molar-refractivity contribution in [1.29, 1.82) is 0 Å². The minimum absolute atomic E-state index is 0.0128. The Labute approximate surface area is 301 Å². The van der Waals surface area contributed by atoms with Crippen LogP contribution in [0.25, 0.3) is 33.5 Å². The number of aromatic nitrogens is 6. The van der Waals surface area contributed by atoms with Gasteiger partial charge in [0.05, 0.1) is 17.0 Å². The van der Waals surface area contributed by atoms with Crippen LogP contribution in [-0.4, -0.2) is 34.9 Å². The Kier molecular flexibility index (Phi) is 9.09. The van der Waals surface area contributed by atoms with Crippen molar-refractivity contribution in [1.82, 2.24) is 29.8 Å². The van der Waals surface area contributed by atoms with E-state index in [0.717, 1.165) is 74.4 Å². The molecular weight excluding hydrogens is 649 g/mol. The van der Waals surface area contributed by atoms with E-state index in [1.807, 2.05) is 28.9 Å². The molecular formula is C43H38N6OS. The van der Waals surface area contributed by atoms with Gasteiger partial charge in [0.15, 0.2) is 5.82 Å². The van der Waals surface area contributed by atoms with Gasteiger partial charge in [-0.1, -0.05) is 153 Å². The van der Waals surface area contributed by atoms with Crippen LogP contribution in [0.1, 0.15) is 52.7 Å². The SMILES string of the molecule is CCCCc1nc2c(CO)scc2n1Cc1ccc(-c2ccccc2-c2nnnn2C(c2ccccc2)(c2ccccc2)c2ccccc2)cc1. The number of benzene rings is 5. The predicted octanol–water partition coefficient (Wildman–Crippen LogP) is 9.14. The molecule has 0 amide bonds. The first kappa shape index (κ1) is 32.5. The topological polar surface area (TPSA) is 81.7 Å². The summed E-state index contributed by atoms with van der Waals surface area (Å²) in [5.41, 5.74) is 8.59. The molecule has 0 bridgehead atoms. The highest BCUT2D eigenvalue weighted by atomic mass is 32.1. The van der Waals surface area contributed by atoms with Gasteiger partial charge in [-0.15, -0.1) is 16.4 Å². The molecule has 5 aromatic carbocycles. The second-order valence-electron chi connectivity index (χ2n) is 12.7. The Bertz CT molecular complexity index is 2270. The molecule has 252 valence electrons. The van der Waals surface area contributed by atoms with E-state index in [9.17, 15) is 5.11 Å². The zero-order chi connectivity index (χ0) is 34.6. The molecule has 1 N–H and O–H groups in total. The number of nitrogens with zero attached hydrogens (tertiary/aromatic N) is 6. The second-order valence-corrected chi connectivity index (χ2v) is 13.7. The third-order valence-electron chi connectivity index (χ3n) is 9.70. The van der Waals surface area contributed by atoms with Crippen LogP contribution in [0.3, 0.4) is 0 Å². The van der Waals surface area contributed by atoms with Gasteiger partial charge < -0.3 is 9.67 Å². The monoisotopic (exact) mass is 686 g/mol. The van der Waals surface area contributed by atoms with E-state index >= 15 is 0 Å². The Morgan fingerprint density at radius 1 is 0.706 bits per heavy atom. The van der Waals surface area contributed by atoms with Crippen molar-refractivity contribution in [3.63, 3.8) is 0 Å². The van der Waals surface area contributed by atoms with Gasteiger partial charge in [-0.3, -0.25) is 0 Å². The summed E-state index contributed by atoms with van der Waals surface area (Å²) in [6.45, 7) is 2.93. The Morgan fingerprint density at radius 3 is 1.88 bits per heavy atom. The summed E-state index contributed by atoms with van der Waals surface area (Å²) in [7, 11) is 0. The van der Waals surface area contributed by atoms with Gasteiger partial charge in [0, 0.05) is 23.9 Å². The number of fused-ring (bicyclic) bond motifs is 1. The highest BCUT2D eigenvalue weighted by Crippen LogP contribution is 2.43. The van der Waals surface area contributed by atoms with Crippen LogP contribution in [-0.2, 0) is 25.1 Å². The smallest absolute Gasteiger partial charge is 0.184 e. The fourth-order valence-electron chi connectivity index (χ4n) is 7.22. The van der Waals surface area contributed by atoms with Crippen LogP contribution >= 0.6 is 11.3 Å². The maximum Gasteiger partial charge on any atom is 0.184 e. The summed E-state index contributed by atoms with van der Waals surface area (Å²) in [4.78, 5) is 5.89. The number of hydrogen-bond donors (Lipinski definition) is 1. The van der Waals surface area contributed by atoms with E-state index in [2.05, 4.69) is 137 Å². The molecule has 3 aromatic heterocycles. The summed E-state index contributed by atoms with van der Waals surface area (Å²) < 4.78 is 4.30. The lowest BCUT2D eigenvalue weighted by atomic mass is 9.77. The number of hydrogen-bond acceptors (Lipinski definition) is 6. The number of aliphatic hydroxyl groups excluding tert-OH is 1. The molecule has 0 unspecified atom stereocenters. The van der Waals surface area contributed by atoms with Crippen molar-refractivity contribution in [2.45, 2.75) is 44.9 Å². The van der Waals surface area contributed by atoms with Gasteiger partial charge in [-0.2, -0.15) is 0 Å². The number of unbranched alkanes of at least 4 members (excludes halogenated alkanes) is 1. The molecule has 0 aliphatic heterocycles. The standard InChI is InChI=1S/C43H38N6OS/c1-2-3-23-40-44-41-38(30-51-39(41)29-50)48(40)28-31-24-26-32(27-25-31)36-21-13-14-22-37(36)42-45-46-47-49(42)43(33-15-7-4-8-16-33,34-17-9-5-10-18-34)35-19-11-6-12-20-35/h4-22,24-27,30,50H,2-3,23,28-29H2,1H3. The Balaban J connectivity index is 1.22. The van der Waals surface area contributed by atoms with Crippen molar-refractivity contribution < 1.29 is 5.11 Å². The molecule has 0 aliphatic rings. The average Bonchev–Trinajstić information content (AvgIpc) is 3.93. The minimum atomic E-state index is -0.844. The first-order chi connectivity index (χ1) is 25.2. The lowest BCUT2D eigenvalue weighted by molar-refractivity contribution is 0.286. The number of aryl methyl sites for hydroxylation is 1. The maximum atomic E-state index is 9.90. The van der Waals surface area contributed by atoms with Crippen LogP contribution < -0.4 is 0 Å². The van der Waals surface area contributed by atoms with Crippen molar-refractivity contribution in [3.8, 4) is 22.5 Å². The van der Waals surface area contributed by atoms with E-state index in [4.69, 9.17) is 15.3 Å². The molecule has 0 saturated carbocycles. The summed E-state index contributed by atoms with van der Waals surface area (Å²) >= 11 is 1.57. The van der Waals surface area contributed by atoms with Crippen LogP contribution in [0.2, 0.25) is 0 Å². The van der Waals surface area contributed by atoms with Crippen LogP contribution in [0, 0.1) is 0 Å². The van der Waals surface area contributed by atoms with Gasteiger partial charge in [0.1, 0.15) is 16.9 Å². The Morgan fingerprint density at radius 2 is 1.29 bits per heavy atom. The third kappa shape index (κ3) is 5.86. The number of tetrazole rings is 1. The predicted molar refractivity (Wildman–Crippen MR) is 205 cm³/mol. The quantitative estimate of drug-likeness (QED) is 0.130. The van der Waals surface area contributed by atoms with Crippen molar-refractivity contribution in [3.05, 3.63) is 178 Å². The molecule has 51 heavy (non-hydrogen) atoms. The zero-order valence-corrected chi connectivity index (χ0v) is 29.2. The summed E-state index contributed by atoms with van der Waals surface area (Å²) in [5, 5.41) is 25.9. The van der Waals surface area contributed by atoms with Gasteiger partial charge in [0.2, 0.25) is 0 Å². The van der Waals surface area contributed by atoms with E-state index < -0.39 is 5.54 Å². The summed E-state index contributed by atoms with van der Waals surface area (Å²) in [5.74, 6) is 1.74. The minimum Gasteiger partial charge on any atom is -0.391 e. The molecule has 7 nitrogen and oxygen atoms in total. The third-order valence-corrected chi connectivity index (χ3v) is 10.6. The van der Waals surface area contributed by atoms with Crippen molar-refractivity contribution >= 4 is 22.4 Å². The highest BCUT2D eigenvalue weighted by molar-refractivity contribution is 7.11. The fourth-order valence-corrected chi connectivity index (χ4v) is 8.05. The van der Waals surface area contributed by atoms with Gasteiger partial charge in [-0.05, 0) is 50.2 Å². The normalized spacial score (nSPS) is 11.7. The maximum absolute atomic E-state index is 9.90. The van der Waals surface area contributed by atoms with Crippen molar-refractivity contribution in [2.75, 3.05) is 0 Å². The van der Waals surface area contributed by atoms with Gasteiger partial charge in [-0.25, -0.2) is 9.67 Å². The molecule has 8 rings (SSSR count).